The van der Waals surface area contributed by atoms with E-state index >= 15 is 0 Å². The third-order valence-electron chi connectivity index (χ3n) is 4.34. The zero-order chi connectivity index (χ0) is 21.1. The number of ether oxygens (including phenoxy) is 3. The molecule has 0 bridgehead atoms. The first-order chi connectivity index (χ1) is 14.5. The summed E-state index contributed by atoms with van der Waals surface area (Å²) < 4.78 is 21.9. The first-order valence-electron chi connectivity index (χ1n) is 9.06. The average Bonchev–Trinajstić information content (AvgIpc) is 3.31. The maximum absolute atomic E-state index is 12.6. The van der Waals surface area contributed by atoms with Crippen molar-refractivity contribution in [1.29, 1.82) is 0 Å². The third-order valence-corrected chi connectivity index (χ3v) is 4.83. The van der Waals surface area contributed by atoms with Crippen molar-refractivity contribution in [2.75, 3.05) is 7.11 Å². The lowest BCUT2D eigenvalue weighted by molar-refractivity contribution is -0.134. The van der Waals surface area contributed by atoms with E-state index in [9.17, 15) is 9.59 Å². The van der Waals surface area contributed by atoms with Gasteiger partial charge in [0.2, 0.25) is 5.78 Å². The molecule has 0 aliphatic carbocycles. The molecule has 2 heterocycles. The molecule has 0 N–H and O–H groups in total. The van der Waals surface area contributed by atoms with Crippen molar-refractivity contribution >= 4 is 33.8 Å². The number of esters is 1. The van der Waals surface area contributed by atoms with E-state index in [1.54, 1.807) is 24.3 Å². The van der Waals surface area contributed by atoms with Crippen LogP contribution in [0.5, 0.6) is 17.4 Å². The highest BCUT2D eigenvalue weighted by atomic mass is 79.9. The number of carbonyl (C=O) groups excluding carboxylic acids is 2. The van der Waals surface area contributed by atoms with Gasteiger partial charge in [0, 0.05) is 23.0 Å². The Morgan fingerprint density at radius 2 is 2.07 bits per heavy atom. The Labute approximate surface area is 180 Å². The lowest BCUT2D eigenvalue weighted by atomic mass is 10.1. The summed E-state index contributed by atoms with van der Waals surface area (Å²) in [7, 11) is 1.48. The number of methoxy groups -OCH3 is 1. The number of allylic oxidation sites excluding steroid dienone is 1. The number of aromatic nitrogens is 1. The maximum atomic E-state index is 12.6. The molecule has 8 heteroatoms. The van der Waals surface area contributed by atoms with Gasteiger partial charge in [0.25, 0.3) is 5.88 Å². The monoisotopic (exact) mass is 469 g/mol. The van der Waals surface area contributed by atoms with E-state index < -0.39 is 5.97 Å². The van der Waals surface area contributed by atoms with Crippen molar-refractivity contribution in [2.24, 2.45) is 0 Å². The van der Waals surface area contributed by atoms with Crippen molar-refractivity contribution in [3.05, 3.63) is 75.6 Å². The number of ketones is 1. The molecule has 0 unspecified atom stereocenters. The van der Waals surface area contributed by atoms with Gasteiger partial charge >= 0.3 is 5.97 Å². The maximum Gasteiger partial charge on any atom is 0.311 e. The van der Waals surface area contributed by atoms with Crippen LogP contribution in [0.15, 0.2) is 63.3 Å². The number of carbonyl (C=O) groups is 2. The number of aryl methyl sites for hydroxylation is 1. The van der Waals surface area contributed by atoms with Crippen LogP contribution >= 0.6 is 15.9 Å². The third kappa shape index (κ3) is 4.44. The highest BCUT2D eigenvalue weighted by Gasteiger charge is 2.28. The Bertz CT molecular complexity index is 1150. The second-order valence-corrected chi connectivity index (χ2v) is 7.38. The van der Waals surface area contributed by atoms with Gasteiger partial charge in [-0.1, -0.05) is 28.1 Å². The summed E-state index contributed by atoms with van der Waals surface area (Å²) in [5.41, 5.74) is 1.25. The lowest BCUT2D eigenvalue weighted by Crippen LogP contribution is -2.08. The SMILES string of the molecule is COc1cc(CCC(=O)Oc2ccc3c(c2)O/C(=C\c2cccc(Br)c2)C3=O)on1. The minimum Gasteiger partial charge on any atom is -0.479 e. The molecule has 0 radical (unpaired) electrons. The lowest BCUT2D eigenvalue weighted by Gasteiger charge is -2.05. The van der Waals surface area contributed by atoms with Gasteiger partial charge in [0.15, 0.2) is 5.76 Å². The van der Waals surface area contributed by atoms with Crippen molar-refractivity contribution < 1.29 is 28.3 Å². The summed E-state index contributed by atoms with van der Waals surface area (Å²) in [6.07, 6.45) is 2.10. The molecule has 2 aromatic carbocycles. The number of hydrogen-bond acceptors (Lipinski definition) is 7. The second kappa shape index (κ2) is 8.54. The predicted octanol–water partition coefficient (Wildman–Crippen LogP) is 4.60. The standard InChI is InChI=1S/C22H16BrNO6/c1-27-20-12-16(30-24-20)6-8-21(25)28-15-5-7-17-18(11-15)29-19(22(17)26)10-13-3-2-4-14(23)9-13/h2-5,7,9-12H,6,8H2,1H3/b19-10-. The second-order valence-electron chi connectivity index (χ2n) is 6.46. The average molecular weight is 470 g/mol. The fourth-order valence-corrected chi connectivity index (χ4v) is 3.31. The Balaban J connectivity index is 1.41. The van der Waals surface area contributed by atoms with Gasteiger partial charge in [-0.2, -0.15) is 0 Å². The molecular weight excluding hydrogens is 454 g/mol. The van der Waals surface area contributed by atoms with Crippen LogP contribution in [0.3, 0.4) is 0 Å². The van der Waals surface area contributed by atoms with E-state index in [0.717, 1.165) is 10.0 Å². The highest BCUT2D eigenvalue weighted by molar-refractivity contribution is 9.10. The molecule has 7 nitrogen and oxygen atoms in total. The molecule has 1 aliphatic heterocycles. The van der Waals surface area contributed by atoms with Gasteiger partial charge in [-0.25, -0.2) is 0 Å². The molecule has 4 rings (SSSR count). The predicted molar refractivity (Wildman–Crippen MR) is 111 cm³/mol. The molecule has 0 fully saturated rings. The smallest absolute Gasteiger partial charge is 0.311 e. The number of nitrogens with zero attached hydrogens (tertiary/aromatic N) is 1. The molecule has 0 amide bonds. The number of benzene rings is 2. The van der Waals surface area contributed by atoms with Crippen LogP contribution in [-0.2, 0) is 11.2 Å². The van der Waals surface area contributed by atoms with Crippen LogP contribution in [-0.4, -0.2) is 24.0 Å². The molecule has 1 aliphatic rings. The fraction of sp³-hybridized carbons (Fsp3) is 0.136. The van der Waals surface area contributed by atoms with Crippen LogP contribution in [0.4, 0.5) is 0 Å². The minimum absolute atomic E-state index is 0.100. The van der Waals surface area contributed by atoms with Crippen molar-refractivity contribution in [3.63, 3.8) is 0 Å². The van der Waals surface area contributed by atoms with Crippen LogP contribution in [0, 0.1) is 0 Å². The van der Waals surface area contributed by atoms with Gasteiger partial charge in [0.1, 0.15) is 17.3 Å². The summed E-state index contributed by atoms with van der Waals surface area (Å²) in [4.78, 5) is 24.7. The van der Waals surface area contributed by atoms with Crippen LogP contribution in [0.25, 0.3) is 6.08 Å². The zero-order valence-corrected chi connectivity index (χ0v) is 17.5. The topological polar surface area (TPSA) is 87.9 Å². The molecule has 0 saturated carbocycles. The first kappa shape index (κ1) is 19.9. The molecule has 30 heavy (non-hydrogen) atoms. The minimum atomic E-state index is -0.445. The van der Waals surface area contributed by atoms with E-state index in [1.807, 2.05) is 24.3 Å². The van der Waals surface area contributed by atoms with Gasteiger partial charge in [0.05, 0.1) is 19.1 Å². The summed E-state index contributed by atoms with van der Waals surface area (Å²) in [6.45, 7) is 0. The molecule has 1 aromatic heterocycles. The molecule has 0 saturated heterocycles. The molecule has 3 aromatic rings. The largest absolute Gasteiger partial charge is 0.479 e. The van der Waals surface area contributed by atoms with E-state index in [4.69, 9.17) is 18.7 Å². The van der Waals surface area contributed by atoms with Crippen LogP contribution < -0.4 is 14.2 Å². The van der Waals surface area contributed by atoms with Crippen molar-refractivity contribution in [3.8, 4) is 17.4 Å². The van der Waals surface area contributed by atoms with Gasteiger partial charge < -0.3 is 18.7 Å². The van der Waals surface area contributed by atoms with Crippen molar-refractivity contribution in [1.82, 2.24) is 5.16 Å². The number of halogens is 1. The van der Waals surface area contributed by atoms with Gasteiger partial charge in [-0.15, -0.1) is 0 Å². The fourth-order valence-electron chi connectivity index (χ4n) is 2.89. The summed E-state index contributed by atoms with van der Waals surface area (Å²) >= 11 is 3.40. The highest BCUT2D eigenvalue weighted by Crippen LogP contribution is 2.35. The van der Waals surface area contributed by atoms with E-state index in [-0.39, 0.29) is 18.0 Å². The Hall–Kier alpha value is -3.39. The van der Waals surface area contributed by atoms with Gasteiger partial charge in [-0.3, -0.25) is 9.59 Å². The summed E-state index contributed by atoms with van der Waals surface area (Å²) in [5.74, 6) is 1.07. The van der Waals surface area contributed by atoms with Gasteiger partial charge in [-0.05, 0) is 41.1 Å². The number of rotatable bonds is 6. The first-order valence-corrected chi connectivity index (χ1v) is 9.85. The van der Waals surface area contributed by atoms with Crippen LogP contribution in [0.1, 0.15) is 28.1 Å². The quantitative estimate of drug-likeness (QED) is 0.296. The normalized spacial score (nSPS) is 13.8. The van der Waals surface area contributed by atoms with E-state index in [0.29, 0.717) is 35.1 Å². The van der Waals surface area contributed by atoms with E-state index in [1.165, 1.54) is 13.2 Å². The Morgan fingerprint density at radius 1 is 1.20 bits per heavy atom. The molecule has 0 spiro atoms. The van der Waals surface area contributed by atoms with E-state index in [2.05, 4.69) is 21.1 Å². The number of hydrogen-bond donors (Lipinski definition) is 0. The number of Topliss-reactive ketones (excluding diaryl/α,β-unsaturated/α-hetero) is 1. The molecular formula is C22H16BrNO6. The summed E-state index contributed by atoms with van der Waals surface area (Å²) in [5, 5.41) is 3.68. The number of fused-ring (bicyclic) bond motifs is 1. The summed E-state index contributed by atoms with van der Waals surface area (Å²) in [6, 6.07) is 13.8. The Morgan fingerprint density at radius 3 is 2.83 bits per heavy atom. The zero-order valence-electron chi connectivity index (χ0n) is 15.9. The van der Waals surface area contributed by atoms with Crippen molar-refractivity contribution in [2.45, 2.75) is 12.8 Å². The molecule has 152 valence electrons. The van der Waals surface area contributed by atoms with Crippen LogP contribution in [0.2, 0.25) is 0 Å². The molecule has 0 atom stereocenters. The Kier molecular flexibility index (Phi) is 5.67.